The Morgan fingerprint density at radius 3 is 2.35 bits per heavy atom. The minimum Gasteiger partial charge on any atom is -0.366 e. The van der Waals surface area contributed by atoms with E-state index < -0.39 is 17.5 Å². The number of carbonyl (C=O) groups excluding carboxylic acids is 4. The number of nitrogens with zero attached hydrogens (tertiary/aromatic N) is 1. The molecule has 2 saturated heterocycles. The third-order valence-corrected chi connectivity index (χ3v) is 4.31. The molecule has 3 rings (SSSR count). The van der Waals surface area contributed by atoms with Crippen LogP contribution in [0.15, 0.2) is 24.3 Å². The number of piperidine rings is 1. The third kappa shape index (κ3) is 2.63. The topological polar surface area (TPSA) is 122 Å². The molecule has 1 spiro atoms. The Morgan fingerprint density at radius 1 is 1.13 bits per heavy atom. The van der Waals surface area contributed by atoms with Crippen molar-refractivity contribution >= 4 is 23.8 Å². The van der Waals surface area contributed by atoms with Crippen LogP contribution in [-0.2, 0) is 4.79 Å². The highest BCUT2D eigenvalue weighted by Gasteiger charge is 2.48. The molecule has 4 N–H and O–H groups in total. The molecule has 0 radical (unpaired) electrons. The molecule has 2 aliphatic heterocycles. The lowest BCUT2D eigenvalue weighted by atomic mass is 9.87. The van der Waals surface area contributed by atoms with E-state index in [1.807, 2.05) is 0 Å². The van der Waals surface area contributed by atoms with Crippen molar-refractivity contribution in [3.63, 3.8) is 0 Å². The highest BCUT2D eigenvalue weighted by molar-refractivity contribution is 6.07. The quantitative estimate of drug-likeness (QED) is 0.643. The maximum atomic E-state index is 12.5. The van der Waals surface area contributed by atoms with Gasteiger partial charge in [-0.05, 0) is 31.0 Å². The van der Waals surface area contributed by atoms with Crippen molar-refractivity contribution < 1.29 is 19.2 Å². The van der Waals surface area contributed by atoms with Crippen molar-refractivity contribution in [3.8, 4) is 0 Å². The highest BCUT2D eigenvalue weighted by atomic mass is 16.2. The molecule has 5 amide bonds. The second-order valence-corrected chi connectivity index (χ2v) is 5.73. The van der Waals surface area contributed by atoms with Gasteiger partial charge in [-0.1, -0.05) is 6.07 Å². The Morgan fingerprint density at radius 2 is 1.78 bits per heavy atom. The number of carbonyl (C=O) groups is 4. The monoisotopic (exact) mass is 316 g/mol. The second kappa shape index (κ2) is 5.38. The lowest BCUT2D eigenvalue weighted by molar-refractivity contribution is -0.125. The van der Waals surface area contributed by atoms with Gasteiger partial charge in [-0.25, -0.2) is 4.79 Å². The third-order valence-electron chi connectivity index (χ3n) is 4.31. The summed E-state index contributed by atoms with van der Waals surface area (Å²) >= 11 is 0. The number of nitrogens with one attached hydrogen (secondary N) is 2. The first-order valence-corrected chi connectivity index (χ1v) is 7.24. The van der Waals surface area contributed by atoms with Crippen LogP contribution in [0.5, 0.6) is 0 Å². The predicted molar refractivity (Wildman–Crippen MR) is 79.5 cm³/mol. The number of hydrogen-bond donors (Lipinski definition) is 3. The summed E-state index contributed by atoms with van der Waals surface area (Å²) in [7, 11) is 0. The lowest BCUT2D eigenvalue weighted by Gasteiger charge is -2.37. The summed E-state index contributed by atoms with van der Waals surface area (Å²) in [4.78, 5) is 48.5. The average molecular weight is 316 g/mol. The van der Waals surface area contributed by atoms with Crippen LogP contribution in [0, 0.1) is 0 Å². The maximum absolute atomic E-state index is 12.5. The van der Waals surface area contributed by atoms with Gasteiger partial charge in [-0.2, -0.15) is 0 Å². The molecule has 2 aliphatic rings. The van der Waals surface area contributed by atoms with Gasteiger partial charge in [-0.15, -0.1) is 0 Å². The van der Waals surface area contributed by atoms with Crippen molar-refractivity contribution in [2.45, 2.75) is 18.4 Å². The molecule has 1 aromatic carbocycles. The molecule has 0 bridgehead atoms. The van der Waals surface area contributed by atoms with Crippen LogP contribution in [0.1, 0.15) is 33.6 Å². The van der Waals surface area contributed by atoms with Crippen LogP contribution in [0.4, 0.5) is 4.79 Å². The highest BCUT2D eigenvalue weighted by Crippen LogP contribution is 2.26. The number of imide groups is 1. The largest absolute Gasteiger partial charge is 0.366 e. The fourth-order valence-electron chi connectivity index (χ4n) is 2.96. The molecule has 0 unspecified atom stereocenters. The Kier molecular flexibility index (Phi) is 3.51. The number of urea groups is 1. The minimum atomic E-state index is -0.914. The zero-order valence-corrected chi connectivity index (χ0v) is 12.3. The smallest absolute Gasteiger partial charge is 0.322 e. The number of hydrogen-bond acceptors (Lipinski definition) is 4. The zero-order valence-electron chi connectivity index (χ0n) is 12.3. The SMILES string of the molecule is NC(=O)c1cccc(C(=O)N2CCC3(CC2)NC(=O)NC3=O)c1. The fraction of sp³-hybridized carbons (Fsp3) is 0.333. The molecule has 2 fully saturated rings. The van der Waals surface area contributed by atoms with E-state index in [0.717, 1.165) is 0 Å². The van der Waals surface area contributed by atoms with E-state index >= 15 is 0 Å². The van der Waals surface area contributed by atoms with Crippen LogP contribution in [0.2, 0.25) is 0 Å². The Hall–Kier alpha value is -2.90. The first-order chi connectivity index (χ1) is 10.9. The molecule has 0 aromatic heterocycles. The van der Waals surface area contributed by atoms with E-state index in [1.54, 1.807) is 23.1 Å². The summed E-state index contributed by atoms with van der Waals surface area (Å²) in [5.41, 5.74) is 4.95. The molecule has 0 atom stereocenters. The molecule has 8 nitrogen and oxygen atoms in total. The van der Waals surface area contributed by atoms with Crippen LogP contribution in [0.3, 0.4) is 0 Å². The van der Waals surface area contributed by atoms with Gasteiger partial charge in [0, 0.05) is 24.2 Å². The molecule has 23 heavy (non-hydrogen) atoms. The van der Waals surface area contributed by atoms with Gasteiger partial charge in [0.1, 0.15) is 5.54 Å². The van der Waals surface area contributed by atoms with Crippen LogP contribution >= 0.6 is 0 Å². The van der Waals surface area contributed by atoms with Gasteiger partial charge in [0.2, 0.25) is 5.91 Å². The molecule has 1 aromatic rings. The zero-order chi connectivity index (χ0) is 16.6. The standard InChI is InChI=1S/C15H16N4O4/c16-11(20)9-2-1-3-10(8-9)12(21)19-6-4-15(5-7-19)13(22)17-14(23)18-15/h1-3,8H,4-7H2,(H2,16,20)(H2,17,18,22,23). The van der Waals surface area contributed by atoms with E-state index in [-0.39, 0.29) is 17.4 Å². The van der Waals surface area contributed by atoms with Crippen LogP contribution in [-0.4, -0.2) is 47.3 Å². The fourth-order valence-corrected chi connectivity index (χ4v) is 2.96. The first-order valence-electron chi connectivity index (χ1n) is 7.24. The number of likely N-dealkylation sites (tertiary alicyclic amines) is 1. The summed E-state index contributed by atoms with van der Waals surface area (Å²) in [5.74, 6) is -1.17. The van der Waals surface area contributed by atoms with Gasteiger partial charge >= 0.3 is 6.03 Å². The molecular formula is C15H16N4O4. The van der Waals surface area contributed by atoms with Crippen molar-refractivity contribution in [2.75, 3.05) is 13.1 Å². The second-order valence-electron chi connectivity index (χ2n) is 5.73. The number of nitrogens with two attached hydrogens (primary N) is 1. The van der Waals surface area contributed by atoms with E-state index in [1.165, 1.54) is 6.07 Å². The average Bonchev–Trinajstić information content (AvgIpc) is 2.81. The molecule has 0 aliphatic carbocycles. The summed E-state index contributed by atoms with van der Waals surface area (Å²) in [5, 5.41) is 4.87. The van der Waals surface area contributed by atoms with E-state index in [0.29, 0.717) is 31.5 Å². The summed E-state index contributed by atoms with van der Waals surface area (Å²) in [6, 6.07) is 5.72. The van der Waals surface area contributed by atoms with Crippen molar-refractivity contribution in [1.29, 1.82) is 0 Å². The van der Waals surface area contributed by atoms with Gasteiger partial charge in [0.25, 0.3) is 11.8 Å². The number of benzene rings is 1. The Bertz CT molecular complexity index is 707. The molecule has 2 heterocycles. The van der Waals surface area contributed by atoms with Crippen molar-refractivity contribution in [2.24, 2.45) is 5.73 Å². The summed E-state index contributed by atoms with van der Waals surface area (Å²) in [6.07, 6.45) is 0.706. The van der Waals surface area contributed by atoms with Gasteiger partial charge in [0.05, 0.1) is 0 Å². The van der Waals surface area contributed by atoms with E-state index in [9.17, 15) is 19.2 Å². The normalized spacial score (nSPS) is 19.4. The van der Waals surface area contributed by atoms with Gasteiger partial charge in [0.15, 0.2) is 0 Å². The predicted octanol–water partition coefficient (Wildman–Crippen LogP) is -0.400. The van der Waals surface area contributed by atoms with Gasteiger partial charge < -0.3 is 16.0 Å². The Balaban J connectivity index is 1.71. The maximum Gasteiger partial charge on any atom is 0.322 e. The summed E-state index contributed by atoms with van der Waals surface area (Å²) < 4.78 is 0. The molecule has 120 valence electrons. The summed E-state index contributed by atoms with van der Waals surface area (Å²) in [6.45, 7) is 0.681. The van der Waals surface area contributed by atoms with Gasteiger partial charge in [-0.3, -0.25) is 19.7 Å². The number of amides is 5. The Labute approximate surface area is 132 Å². The van der Waals surface area contributed by atoms with E-state index in [2.05, 4.69) is 10.6 Å². The number of primary amides is 1. The molecule has 8 heteroatoms. The first kappa shape index (κ1) is 15.0. The number of rotatable bonds is 2. The molecular weight excluding hydrogens is 300 g/mol. The van der Waals surface area contributed by atoms with Crippen LogP contribution < -0.4 is 16.4 Å². The lowest BCUT2D eigenvalue weighted by Crippen LogP contribution is -2.55. The van der Waals surface area contributed by atoms with Crippen LogP contribution in [0.25, 0.3) is 0 Å². The van der Waals surface area contributed by atoms with Crippen molar-refractivity contribution in [3.05, 3.63) is 35.4 Å². The van der Waals surface area contributed by atoms with E-state index in [4.69, 9.17) is 5.73 Å². The minimum absolute atomic E-state index is 0.229. The van der Waals surface area contributed by atoms with Crippen molar-refractivity contribution in [1.82, 2.24) is 15.5 Å². The molecule has 0 saturated carbocycles.